The number of carbonyl (C=O) groups is 2. The first-order valence-electron chi connectivity index (χ1n) is 9.14. The summed E-state index contributed by atoms with van der Waals surface area (Å²) in [6.07, 6.45) is 2.37. The Kier molecular flexibility index (Phi) is 4.80. The number of furan rings is 1. The maximum Gasteiger partial charge on any atom is 0.407 e. The number of aryl methyl sites for hydroxylation is 1. The third-order valence-corrected chi connectivity index (χ3v) is 5.07. The summed E-state index contributed by atoms with van der Waals surface area (Å²) in [6, 6.07) is 3.68. The fourth-order valence-corrected chi connectivity index (χ4v) is 3.91. The lowest BCUT2D eigenvalue weighted by Crippen LogP contribution is -2.42. The van der Waals surface area contributed by atoms with Gasteiger partial charge in [0.1, 0.15) is 11.4 Å². The first-order valence-corrected chi connectivity index (χ1v) is 9.14. The number of hydrogen-bond donors (Lipinski definition) is 1. The lowest BCUT2D eigenvalue weighted by atomic mass is 9.98. The third kappa shape index (κ3) is 3.99. The van der Waals surface area contributed by atoms with Gasteiger partial charge in [-0.2, -0.15) is 0 Å². The Balaban J connectivity index is 1.59. The number of amides is 2. The average molecular weight is 348 g/mol. The van der Waals surface area contributed by atoms with Crippen molar-refractivity contribution in [2.45, 2.75) is 58.6 Å². The van der Waals surface area contributed by atoms with E-state index in [1.807, 2.05) is 38.7 Å². The zero-order valence-corrected chi connectivity index (χ0v) is 15.5. The minimum atomic E-state index is -0.504. The average Bonchev–Trinajstić information content (AvgIpc) is 3.21. The van der Waals surface area contributed by atoms with Crippen LogP contribution in [0.3, 0.4) is 0 Å². The lowest BCUT2D eigenvalue weighted by Gasteiger charge is -2.24. The molecule has 1 saturated heterocycles. The van der Waals surface area contributed by atoms with E-state index in [9.17, 15) is 9.59 Å². The van der Waals surface area contributed by atoms with E-state index < -0.39 is 5.60 Å². The van der Waals surface area contributed by atoms with Gasteiger partial charge in [0.2, 0.25) is 0 Å². The summed E-state index contributed by atoms with van der Waals surface area (Å²) in [6.45, 7) is 8.96. The number of nitrogens with zero attached hydrogens (tertiary/aromatic N) is 1. The van der Waals surface area contributed by atoms with Crippen LogP contribution in [0.1, 0.15) is 56.9 Å². The van der Waals surface area contributed by atoms with Crippen LogP contribution in [0.15, 0.2) is 16.5 Å². The summed E-state index contributed by atoms with van der Waals surface area (Å²) in [5.41, 5.74) is -0.504. The Morgan fingerprint density at radius 1 is 1.28 bits per heavy atom. The van der Waals surface area contributed by atoms with Crippen molar-refractivity contribution in [3.05, 3.63) is 23.7 Å². The first-order chi connectivity index (χ1) is 11.8. The van der Waals surface area contributed by atoms with Gasteiger partial charge in [0, 0.05) is 31.5 Å². The highest BCUT2D eigenvalue weighted by Gasteiger charge is 2.45. The van der Waals surface area contributed by atoms with Gasteiger partial charge in [-0.15, -0.1) is 0 Å². The molecule has 1 saturated carbocycles. The van der Waals surface area contributed by atoms with Gasteiger partial charge in [-0.3, -0.25) is 4.79 Å². The van der Waals surface area contributed by atoms with Crippen molar-refractivity contribution in [2.75, 3.05) is 13.1 Å². The summed E-state index contributed by atoms with van der Waals surface area (Å²) < 4.78 is 11.0. The number of hydrogen-bond acceptors (Lipinski definition) is 4. The van der Waals surface area contributed by atoms with Crippen LogP contribution >= 0.6 is 0 Å². The van der Waals surface area contributed by atoms with Gasteiger partial charge >= 0.3 is 6.09 Å². The van der Waals surface area contributed by atoms with E-state index in [2.05, 4.69) is 5.32 Å². The van der Waals surface area contributed by atoms with Crippen molar-refractivity contribution in [1.82, 2.24) is 10.2 Å². The minimum Gasteiger partial charge on any atom is -0.456 e. The Morgan fingerprint density at radius 2 is 2.04 bits per heavy atom. The van der Waals surface area contributed by atoms with Crippen LogP contribution in [0.25, 0.3) is 0 Å². The van der Waals surface area contributed by atoms with Crippen LogP contribution in [-0.2, 0) is 11.2 Å². The minimum absolute atomic E-state index is 0.0508. The molecule has 25 heavy (non-hydrogen) atoms. The standard InChI is InChI=1S/C19H28N2O4/c1-5-13-7-9-16(24-13)17(22)21-10-12-6-8-15(14(12)11-21)20-18(23)25-19(2,3)4/h7,9,12,14-15H,5-6,8,10-11H2,1-4H3,(H,20,23)/t12-,14-,15-/m0/s1. The predicted molar refractivity (Wildman–Crippen MR) is 93.4 cm³/mol. The number of ether oxygens (including phenoxy) is 1. The quantitative estimate of drug-likeness (QED) is 0.910. The molecule has 0 radical (unpaired) electrons. The Labute approximate surface area is 148 Å². The molecule has 1 N–H and O–H groups in total. The topological polar surface area (TPSA) is 71.8 Å². The molecule has 0 unspecified atom stereocenters. The van der Waals surface area contributed by atoms with Crippen LogP contribution in [-0.4, -0.2) is 41.6 Å². The monoisotopic (exact) mass is 348 g/mol. The van der Waals surface area contributed by atoms with Gasteiger partial charge in [-0.25, -0.2) is 4.79 Å². The highest BCUT2D eigenvalue weighted by atomic mass is 16.6. The molecule has 6 heteroatoms. The molecule has 1 aliphatic carbocycles. The number of likely N-dealkylation sites (tertiary alicyclic amines) is 1. The number of alkyl carbamates (subject to hydrolysis) is 1. The van der Waals surface area contributed by atoms with Gasteiger partial charge < -0.3 is 19.4 Å². The first kappa shape index (κ1) is 17.8. The van der Waals surface area contributed by atoms with Gasteiger partial charge in [0.25, 0.3) is 5.91 Å². The number of nitrogens with one attached hydrogen (secondary N) is 1. The molecule has 3 atom stereocenters. The number of fused-ring (bicyclic) bond motifs is 1. The molecular formula is C19H28N2O4. The second kappa shape index (κ2) is 6.73. The molecule has 0 spiro atoms. The Bertz CT molecular complexity index is 646. The maximum absolute atomic E-state index is 12.6. The molecular weight excluding hydrogens is 320 g/mol. The van der Waals surface area contributed by atoms with E-state index in [-0.39, 0.29) is 24.0 Å². The molecule has 2 amide bonds. The lowest BCUT2D eigenvalue weighted by molar-refractivity contribution is 0.0491. The number of carbonyl (C=O) groups excluding carboxylic acids is 2. The maximum atomic E-state index is 12.6. The van der Waals surface area contributed by atoms with Crippen LogP contribution < -0.4 is 5.32 Å². The highest BCUT2D eigenvalue weighted by Crippen LogP contribution is 2.38. The zero-order valence-electron chi connectivity index (χ0n) is 15.5. The fraction of sp³-hybridized carbons (Fsp3) is 0.684. The zero-order chi connectivity index (χ0) is 18.2. The summed E-state index contributed by atoms with van der Waals surface area (Å²) >= 11 is 0. The largest absolute Gasteiger partial charge is 0.456 e. The molecule has 1 aromatic rings. The normalized spacial score (nSPS) is 25.8. The molecule has 0 aromatic carbocycles. The van der Waals surface area contributed by atoms with E-state index in [0.29, 0.717) is 18.2 Å². The van der Waals surface area contributed by atoms with Gasteiger partial charge in [0.05, 0.1) is 0 Å². The second-order valence-electron chi connectivity index (χ2n) is 8.08. The van der Waals surface area contributed by atoms with Crippen molar-refractivity contribution in [1.29, 1.82) is 0 Å². The molecule has 2 aliphatic rings. The molecule has 1 aliphatic heterocycles. The predicted octanol–water partition coefficient (Wildman–Crippen LogP) is 3.22. The van der Waals surface area contributed by atoms with E-state index in [0.717, 1.165) is 31.6 Å². The van der Waals surface area contributed by atoms with Crippen molar-refractivity contribution in [3.63, 3.8) is 0 Å². The summed E-state index contributed by atoms with van der Waals surface area (Å²) in [7, 11) is 0. The molecule has 6 nitrogen and oxygen atoms in total. The van der Waals surface area contributed by atoms with Gasteiger partial charge in [-0.1, -0.05) is 6.92 Å². The van der Waals surface area contributed by atoms with Crippen molar-refractivity contribution < 1.29 is 18.7 Å². The molecule has 0 bridgehead atoms. The van der Waals surface area contributed by atoms with Gasteiger partial charge in [-0.05, 0) is 51.7 Å². The van der Waals surface area contributed by atoms with Crippen LogP contribution in [0.2, 0.25) is 0 Å². The molecule has 138 valence electrons. The summed E-state index contributed by atoms with van der Waals surface area (Å²) in [4.78, 5) is 26.5. The molecule has 3 rings (SSSR count). The molecule has 1 aromatic heterocycles. The smallest absolute Gasteiger partial charge is 0.407 e. The van der Waals surface area contributed by atoms with E-state index in [4.69, 9.17) is 9.15 Å². The van der Waals surface area contributed by atoms with Crippen LogP contribution in [0.4, 0.5) is 4.79 Å². The second-order valence-corrected chi connectivity index (χ2v) is 8.08. The summed E-state index contributed by atoms with van der Waals surface area (Å²) in [5.74, 6) is 1.91. The fourth-order valence-electron chi connectivity index (χ4n) is 3.91. The van der Waals surface area contributed by atoms with E-state index in [1.54, 1.807) is 6.07 Å². The van der Waals surface area contributed by atoms with Crippen molar-refractivity contribution in [2.24, 2.45) is 11.8 Å². The SMILES string of the molecule is CCc1ccc(C(=O)N2C[C@@H]3CC[C@H](NC(=O)OC(C)(C)C)[C@H]3C2)o1. The Hall–Kier alpha value is -1.98. The Morgan fingerprint density at radius 3 is 2.68 bits per heavy atom. The van der Waals surface area contributed by atoms with Crippen LogP contribution in [0, 0.1) is 11.8 Å². The van der Waals surface area contributed by atoms with E-state index >= 15 is 0 Å². The van der Waals surface area contributed by atoms with Crippen molar-refractivity contribution in [3.8, 4) is 0 Å². The summed E-state index contributed by atoms with van der Waals surface area (Å²) in [5, 5.41) is 3.00. The number of rotatable bonds is 3. The highest BCUT2D eigenvalue weighted by molar-refractivity contribution is 5.91. The van der Waals surface area contributed by atoms with Crippen LogP contribution in [0.5, 0.6) is 0 Å². The van der Waals surface area contributed by atoms with Gasteiger partial charge in [0.15, 0.2) is 5.76 Å². The molecule has 2 heterocycles. The van der Waals surface area contributed by atoms with E-state index in [1.165, 1.54) is 0 Å². The molecule has 2 fully saturated rings. The third-order valence-electron chi connectivity index (χ3n) is 5.07. The van der Waals surface area contributed by atoms with Crippen molar-refractivity contribution >= 4 is 12.0 Å².